The second kappa shape index (κ2) is 5.07. The minimum atomic E-state index is -2.83. The number of halogens is 2. The van der Waals surface area contributed by atoms with Crippen molar-refractivity contribution in [3.05, 3.63) is 16.0 Å². The molecule has 0 radical (unpaired) electrons. The molecule has 2 heterocycles. The maximum Gasteiger partial charge on any atom is 0.150 e. The number of nitrogens with zero attached hydrogens (tertiary/aromatic N) is 2. The summed E-state index contributed by atoms with van der Waals surface area (Å²) < 4.78 is 23.2. The minimum absolute atomic E-state index is 0.139. The molecule has 1 fully saturated rings. The lowest BCUT2D eigenvalue weighted by Gasteiger charge is -2.11. The first-order valence-corrected chi connectivity index (χ1v) is 8.07. The van der Waals surface area contributed by atoms with Gasteiger partial charge in [0.25, 0.3) is 0 Å². The molecular formula is C9H11BrClN3O2S. The van der Waals surface area contributed by atoms with E-state index in [2.05, 4.69) is 31.2 Å². The Bertz CT molecular complexity index is 523. The fraction of sp³-hybridized carbons (Fsp3) is 0.556. The van der Waals surface area contributed by atoms with Crippen LogP contribution in [0.15, 0.2) is 10.8 Å². The summed E-state index contributed by atoms with van der Waals surface area (Å²) in [5.41, 5.74) is 0. The molecule has 0 bridgehead atoms. The van der Waals surface area contributed by atoms with E-state index in [4.69, 9.17) is 11.6 Å². The van der Waals surface area contributed by atoms with Gasteiger partial charge in [-0.1, -0.05) is 11.6 Å². The zero-order chi connectivity index (χ0) is 12.5. The summed E-state index contributed by atoms with van der Waals surface area (Å²) >= 11 is 9.10. The summed E-state index contributed by atoms with van der Waals surface area (Å²) in [4.78, 5) is 7.85. The fourth-order valence-electron chi connectivity index (χ4n) is 1.75. The maximum absolute atomic E-state index is 11.3. The van der Waals surface area contributed by atoms with Gasteiger partial charge in [0.1, 0.15) is 17.3 Å². The van der Waals surface area contributed by atoms with Crippen molar-refractivity contribution < 1.29 is 8.42 Å². The van der Waals surface area contributed by atoms with Crippen LogP contribution in [0.1, 0.15) is 6.42 Å². The van der Waals surface area contributed by atoms with Gasteiger partial charge < -0.3 is 5.32 Å². The Hall–Kier alpha value is -0.400. The molecule has 0 aromatic carbocycles. The standard InChI is InChI=1S/C9H11BrClN3O2S/c10-7-8(11)13-5-14-9(7)12-3-6-1-2-17(15,16)4-6/h5-6H,1-4H2,(H,12,13,14). The van der Waals surface area contributed by atoms with Crippen LogP contribution >= 0.6 is 27.5 Å². The van der Waals surface area contributed by atoms with Crippen LogP contribution in [0, 0.1) is 5.92 Å². The smallest absolute Gasteiger partial charge is 0.150 e. The van der Waals surface area contributed by atoms with Gasteiger partial charge in [-0.15, -0.1) is 0 Å². The van der Waals surface area contributed by atoms with E-state index in [9.17, 15) is 8.42 Å². The summed E-state index contributed by atoms with van der Waals surface area (Å²) in [6.45, 7) is 0.575. The SMILES string of the molecule is O=S1(=O)CCC(CNc2ncnc(Cl)c2Br)C1. The Balaban J connectivity index is 1.97. The molecule has 1 aromatic rings. The van der Waals surface area contributed by atoms with Crippen LogP contribution in [0.3, 0.4) is 0 Å². The van der Waals surface area contributed by atoms with E-state index in [0.29, 0.717) is 28.4 Å². The van der Waals surface area contributed by atoms with E-state index in [1.54, 1.807) is 0 Å². The largest absolute Gasteiger partial charge is 0.369 e. The molecule has 8 heteroatoms. The monoisotopic (exact) mass is 339 g/mol. The number of hydrogen-bond acceptors (Lipinski definition) is 5. The predicted octanol–water partition coefficient (Wildman–Crippen LogP) is 1.74. The second-order valence-corrected chi connectivity index (χ2v) is 7.36. The molecule has 0 spiro atoms. The van der Waals surface area contributed by atoms with Crippen LogP contribution in [0.25, 0.3) is 0 Å². The van der Waals surface area contributed by atoms with Crippen LogP contribution in [0.2, 0.25) is 5.15 Å². The lowest BCUT2D eigenvalue weighted by molar-refractivity contribution is 0.595. The summed E-state index contributed by atoms with van der Waals surface area (Å²) in [5.74, 6) is 1.26. The van der Waals surface area contributed by atoms with E-state index in [-0.39, 0.29) is 17.4 Å². The van der Waals surface area contributed by atoms with Gasteiger partial charge in [-0.3, -0.25) is 0 Å². The third kappa shape index (κ3) is 3.29. The van der Waals surface area contributed by atoms with Crippen LogP contribution in [0.5, 0.6) is 0 Å². The molecule has 2 rings (SSSR count). The van der Waals surface area contributed by atoms with Crippen LogP contribution in [0.4, 0.5) is 5.82 Å². The molecule has 94 valence electrons. The van der Waals surface area contributed by atoms with Gasteiger partial charge in [0.05, 0.1) is 16.0 Å². The first-order chi connectivity index (χ1) is 7.98. The van der Waals surface area contributed by atoms with E-state index in [0.717, 1.165) is 0 Å². The summed E-state index contributed by atoms with van der Waals surface area (Å²) in [7, 11) is -2.83. The van der Waals surface area contributed by atoms with Crippen molar-refractivity contribution in [3.8, 4) is 0 Å². The Labute approximate surface area is 113 Å². The number of sulfone groups is 1. The van der Waals surface area contributed by atoms with Crippen molar-refractivity contribution in [1.29, 1.82) is 0 Å². The van der Waals surface area contributed by atoms with Crippen molar-refractivity contribution in [3.63, 3.8) is 0 Å². The van der Waals surface area contributed by atoms with Gasteiger partial charge in [0.15, 0.2) is 9.84 Å². The molecule has 0 amide bonds. The first kappa shape index (κ1) is 13.0. The van der Waals surface area contributed by atoms with E-state index in [1.165, 1.54) is 6.33 Å². The molecule has 1 aliphatic rings. The third-order valence-electron chi connectivity index (χ3n) is 2.63. The Morgan fingerprint density at radius 1 is 1.53 bits per heavy atom. The van der Waals surface area contributed by atoms with Crippen molar-refractivity contribution in [2.24, 2.45) is 5.92 Å². The highest BCUT2D eigenvalue weighted by Crippen LogP contribution is 2.27. The van der Waals surface area contributed by atoms with Gasteiger partial charge in [0.2, 0.25) is 0 Å². The molecule has 1 saturated heterocycles. The van der Waals surface area contributed by atoms with Crippen molar-refractivity contribution in [2.45, 2.75) is 6.42 Å². The zero-order valence-corrected chi connectivity index (χ0v) is 12.0. The van der Waals surface area contributed by atoms with E-state index >= 15 is 0 Å². The van der Waals surface area contributed by atoms with Crippen molar-refractivity contribution in [1.82, 2.24) is 9.97 Å². The average Bonchev–Trinajstić information content (AvgIpc) is 2.61. The predicted molar refractivity (Wildman–Crippen MR) is 70.0 cm³/mol. The molecule has 1 unspecified atom stereocenters. The quantitative estimate of drug-likeness (QED) is 0.849. The Kier molecular flexibility index (Phi) is 3.89. The first-order valence-electron chi connectivity index (χ1n) is 5.08. The lowest BCUT2D eigenvalue weighted by atomic mass is 10.1. The number of hydrogen-bond donors (Lipinski definition) is 1. The van der Waals surface area contributed by atoms with Crippen molar-refractivity contribution in [2.75, 3.05) is 23.4 Å². The summed E-state index contributed by atoms with van der Waals surface area (Å²) in [6, 6.07) is 0. The lowest BCUT2D eigenvalue weighted by Crippen LogP contribution is -2.16. The van der Waals surface area contributed by atoms with Gasteiger partial charge in [-0.05, 0) is 28.3 Å². The zero-order valence-electron chi connectivity index (χ0n) is 8.86. The average molecular weight is 341 g/mol. The number of aromatic nitrogens is 2. The number of rotatable bonds is 3. The molecule has 17 heavy (non-hydrogen) atoms. The van der Waals surface area contributed by atoms with E-state index in [1.807, 2.05) is 0 Å². The Morgan fingerprint density at radius 2 is 2.29 bits per heavy atom. The highest BCUT2D eigenvalue weighted by atomic mass is 79.9. The van der Waals surface area contributed by atoms with Crippen molar-refractivity contribution >= 4 is 43.2 Å². The normalized spacial score (nSPS) is 22.6. The Morgan fingerprint density at radius 3 is 2.94 bits per heavy atom. The number of anilines is 1. The minimum Gasteiger partial charge on any atom is -0.369 e. The summed E-state index contributed by atoms with van der Waals surface area (Å²) in [6.07, 6.45) is 2.06. The molecule has 5 nitrogen and oxygen atoms in total. The molecule has 0 aliphatic carbocycles. The van der Waals surface area contributed by atoms with Crippen LogP contribution in [-0.2, 0) is 9.84 Å². The molecule has 0 saturated carbocycles. The van der Waals surface area contributed by atoms with Crippen LogP contribution < -0.4 is 5.32 Å². The fourth-order valence-corrected chi connectivity index (χ4v) is 4.09. The van der Waals surface area contributed by atoms with Crippen LogP contribution in [-0.4, -0.2) is 36.4 Å². The third-order valence-corrected chi connectivity index (χ3v) is 5.73. The highest BCUT2D eigenvalue weighted by Gasteiger charge is 2.27. The molecule has 1 aliphatic heterocycles. The molecular weight excluding hydrogens is 330 g/mol. The maximum atomic E-state index is 11.3. The molecule has 1 atom stereocenters. The second-order valence-electron chi connectivity index (χ2n) is 3.98. The molecule has 1 N–H and O–H groups in total. The molecule has 1 aromatic heterocycles. The topological polar surface area (TPSA) is 72.0 Å². The van der Waals surface area contributed by atoms with Gasteiger partial charge in [-0.25, -0.2) is 18.4 Å². The van der Waals surface area contributed by atoms with Gasteiger partial charge >= 0.3 is 0 Å². The highest BCUT2D eigenvalue weighted by molar-refractivity contribution is 9.10. The van der Waals surface area contributed by atoms with E-state index < -0.39 is 9.84 Å². The summed E-state index contributed by atoms with van der Waals surface area (Å²) in [5, 5.41) is 3.42. The van der Waals surface area contributed by atoms with Gasteiger partial charge in [0, 0.05) is 6.54 Å². The van der Waals surface area contributed by atoms with Gasteiger partial charge in [-0.2, -0.15) is 0 Å². The number of nitrogens with one attached hydrogen (secondary N) is 1.